The fourth-order valence-corrected chi connectivity index (χ4v) is 6.33. The number of hydrogen-bond donors (Lipinski definition) is 1. The van der Waals surface area contributed by atoms with E-state index >= 15 is 0 Å². The van der Waals surface area contributed by atoms with Crippen LogP contribution in [0.4, 0.5) is 11.4 Å². The van der Waals surface area contributed by atoms with Crippen LogP contribution in [-0.4, -0.2) is 55.8 Å². The molecule has 1 aliphatic rings. The molecule has 4 rings (SSSR count). The van der Waals surface area contributed by atoms with E-state index in [1.165, 1.54) is 41.3 Å². The fraction of sp³-hybridized carbons (Fsp3) is 0.333. The molecule has 3 aromatic rings. The van der Waals surface area contributed by atoms with Crippen molar-refractivity contribution in [3.8, 4) is 5.75 Å². The van der Waals surface area contributed by atoms with E-state index in [-0.39, 0.29) is 34.8 Å². The molecule has 0 bridgehead atoms. The molecule has 0 unspecified atom stereocenters. The van der Waals surface area contributed by atoms with Gasteiger partial charge in [0.25, 0.3) is 15.7 Å². The standard InChI is InChI=1S/C30H34N4O7S/c1-22(30(36)31-24-8-6-7-9-24)32(20-23-12-18-27(41-2)19-13-23)29(35)21-33(25-14-16-26(17-15-25)34(37)38)42(39,40)28-10-4-3-5-11-28/h3-5,10-19,22,24H,6-9,20-21H2,1-2H3,(H,31,36)/t22-/m0/s1. The van der Waals surface area contributed by atoms with Gasteiger partial charge in [-0.1, -0.05) is 43.2 Å². The maximum atomic E-state index is 14.0. The van der Waals surface area contributed by atoms with Crippen LogP contribution < -0.4 is 14.4 Å². The lowest BCUT2D eigenvalue weighted by molar-refractivity contribution is -0.384. The van der Waals surface area contributed by atoms with Gasteiger partial charge in [0.1, 0.15) is 18.3 Å². The summed E-state index contributed by atoms with van der Waals surface area (Å²) in [6.45, 7) is 1.03. The molecule has 12 heteroatoms. The third-order valence-corrected chi connectivity index (χ3v) is 9.13. The normalized spacial score (nSPS) is 14.1. The summed E-state index contributed by atoms with van der Waals surface area (Å²) in [6, 6.07) is 18.7. The van der Waals surface area contributed by atoms with E-state index in [0.717, 1.165) is 35.6 Å². The van der Waals surface area contributed by atoms with Crippen molar-refractivity contribution in [2.45, 2.75) is 56.1 Å². The van der Waals surface area contributed by atoms with Crippen LogP contribution in [0.2, 0.25) is 0 Å². The topological polar surface area (TPSA) is 139 Å². The van der Waals surface area contributed by atoms with Crippen molar-refractivity contribution >= 4 is 33.2 Å². The molecule has 2 amide bonds. The number of non-ortho nitro benzene ring substituents is 1. The molecule has 3 aromatic carbocycles. The van der Waals surface area contributed by atoms with Crippen LogP contribution in [0.5, 0.6) is 5.75 Å². The second kappa shape index (κ2) is 13.5. The lowest BCUT2D eigenvalue weighted by Gasteiger charge is -2.32. The Balaban J connectivity index is 1.68. The predicted octanol–water partition coefficient (Wildman–Crippen LogP) is 4.27. The molecule has 1 atom stereocenters. The molecular weight excluding hydrogens is 560 g/mol. The number of nitrogens with zero attached hydrogens (tertiary/aromatic N) is 3. The minimum Gasteiger partial charge on any atom is -0.497 e. The molecular formula is C30H34N4O7S. The quantitative estimate of drug-likeness (QED) is 0.244. The molecule has 0 aromatic heterocycles. The van der Waals surface area contributed by atoms with Gasteiger partial charge in [-0.05, 0) is 61.7 Å². The molecule has 42 heavy (non-hydrogen) atoms. The van der Waals surface area contributed by atoms with Gasteiger partial charge in [-0.25, -0.2) is 8.42 Å². The van der Waals surface area contributed by atoms with Crippen molar-refractivity contribution in [1.29, 1.82) is 0 Å². The van der Waals surface area contributed by atoms with Crippen molar-refractivity contribution < 1.29 is 27.7 Å². The van der Waals surface area contributed by atoms with E-state index in [2.05, 4.69) is 5.32 Å². The Morgan fingerprint density at radius 1 is 1.00 bits per heavy atom. The highest BCUT2D eigenvalue weighted by Gasteiger charge is 2.33. The number of nitro groups is 1. The van der Waals surface area contributed by atoms with Gasteiger partial charge >= 0.3 is 0 Å². The number of sulfonamides is 1. The lowest BCUT2D eigenvalue weighted by Crippen LogP contribution is -2.52. The average Bonchev–Trinajstić information content (AvgIpc) is 3.52. The Morgan fingerprint density at radius 2 is 1.62 bits per heavy atom. The number of carbonyl (C=O) groups excluding carboxylic acids is 2. The summed E-state index contributed by atoms with van der Waals surface area (Å²) in [4.78, 5) is 39.2. The lowest BCUT2D eigenvalue weighted by atomic mass is 10.1. The Morgan fingerprint density at radius 3 is 2.19 bits per heavy atom. The zero-order chi connectivity index (χ0) is 30.3. The molecule has 1 saturated carbocycles. The minimum atomic E-state index is -4.26. The fourth-order valence-electron chi connectivity index (χ4n) is 4.89. The van der Waals surface area contributed by atoms with E-state index < -0.39 is 33.4 Å². The maximum absolute atomic E-state index is 14.0. The number of nitro benzene ring substituents is 1. The highest BCUT2D eigenvalue weighted by molar-refractivity contribution is 7.92. The number of methoxy groups -OCH3 is 1. The molecule has 222 valence electrons. The summed E-state index contributed by atoms with van der Waals surface area (Å²) >= 11 is 0. The number of rotatable bonds is 12. The summed E-state index contributed by atoms with van der Waals surface area (Å²) in [7, 11) is -2.72. The molecule has 0 heterocycles. The predicted molar refractivity (Wildman–Crippen MR) is 157 cm³/mol. The molecule has 1 aliphatic carbocycles. The number of benzene rings is 3. The molecule has 11 nitrogen and oxygen atoms in total. The van der Waals surface area contributed by atoms with E-state index in [4.69, 9.17) is 4.74 Å². The first-order chi connectivity index (χ1) is 20.1. The van der Waals surface area contributed by atoms with Gasteiger partial charge in [0.15, 0.2) is 0 Å². The number of ether oxygens (including phenoxy) is 1. The van der Waals surface area contributed by atoms with Crippen LogP contribution in [0.1, 0.15) is 38.2 Å². The third-order valence-electron chi connectivity index (χ3n) is 7.34. The van der Waals surface area contributed by atoms with Gasteiger partial charge in [0.05, 0.1) is 22.6 Å². The number of amides is 2. The van der Waals surface area contributed by atoms with Crippen molar-refractivity contribution in [2.24, 2.45) is 0 Å². The number of nitrogens with one attached hydrogen (secondary N) is 1. The van der Waals surface area contributed by atoms with Crippen LogP contribution in [0.3, 0.4) is 0 Å². The van der Waals surface area contributed by atoms with Gasteiger partial charge in [-0.15, -0.1) is 0 Å². The van der Waals surface area contributed by atoms with Crippen LogP contribution in [0.25, 0.3) is 0 Å². The third kappa shape index (κ3) is 7.24. The van der Waals surface area contributed by atoms with Gasteiger partial charge in [-0.2, -0.15) is 0 Å². The molecule has 1 N–H and O–H groups in total. The number of anilines is 1. The first-order valence-corrected chi connectivity index (χ1v) is 15.1. The Bertz CT molecular complexity index is 1490. The monoisotopic (exact) mass is 594 g/mol. The second-order valence-electron chi connectivity index (χ2n) is 10.1. The van der Waals surface area contributed by atoms with Crippen LogP contribution in [0.15, 0.2) is 83.8 Å². The Kier molecular flexibility index (Phi) is 9.79. The van der Waals surface area contributed by atoms with Crippen LogP contribution in [0, 0.1) is 10.1 Å². The van der Waals surface area contributed by atoms with Crippen molar-refractivity contribution in [3.05, 3.63) is 94.5 Å². The van der Waals surface area contributed by atoms with Gasteiger partial charge in [0, 0.05) is 24.7 Å². The van der Waals surface area contributed by atoms with Gasteiger partial charge < -0.3 is 15.0 Å². The summed E-state index contributed by atoms with van der Waals surface area (Å²) < 4.78 is 33.7. The first-order valence-electron chi connectivity index (χ1n) is 13.6. The highest BCUT2D eigenvalue weighted by atomic mass is 32.2. The SMILES string of the molecule is COc1ccc(CN(C(=O)CN(c2ccc([N+](=O)[O-])cc2)S(=O)(=O)c2ccccc2)[C@@H](C)C(=O)NC2CCCC2)cc1. The second-order valence-corrected chi connectivity index (χ2v) is 12.0. The average molecular weight is 595 g/mol. The van der Waals surface area contributed by atoms with E-state index in [9.17, 15) is 28.1 Å². The first kappa shape index (κ1) is 30.5. The van der Waals surface area contributed by atoms with Crippen LogP contribution >= 0.6 is 0 Å². The Labute approximate surface area is 245 Å². The maximum Gasteiger partial charge on any atom is 0.269 e. The van der Waals surface area contributed by atoms with Crippen molar-refractivity contribution in [2.75, 3.05) is 18.0 Å². The zero-order valence-electron chi connectivity index (χ0n) is 23.5. The van der Waals surface area contributed by atoms with Gasteiger partial charge in [-0.3, -0.25) is 24.0 Å². The van der Waals surface area contributed by atoms with Crippen molar-refractivity contribution in [1.82, 2.24) is 10.2 Å². The largest absolute Gasteiger partial charge is 0.497 e. The molecule has 1 fully saturated rings. The minimum absolute atomic E-state index is 0.0351. The van der Waals surface area contributed by atoms with E-state index in [1.807, 2.05) is 0 Å². The number of hydrogen-bond acceptors (Lipinski definition) is 7. The van der Waals surface area contributed by atoms with Gasteiger partial charge in [0.2, 0.25) is 11.8 Å². The molecule has 0 saturated heterocycles. The summed E-state index contributed by atoms with van der Waals surface area (Å²) in [5.74, 6) is -0.309. The van der Waals surface area contributed by atoms with E-state index in [0.29, 0.717) is 5.75 Å². The Hall–Kier alpha value is -4.45. The highest BCUT2D eigenvalue weighted by Crippen LogP contribution is 2.27. The summed E-state index contributed by atoms with van der Waals surface area (Å²) in [5, 5.41) is 14.2. The zero-order valence-corrected chi connectivity index (χ0v) is 24.3. The smallest absolute Gasteiger partial charge is 0.269 e. The molecule has 0 spiro atoms. The summed E-state index contributed by atoms with van der Waals surface area (Å²) in [5.41, 5.74) is 0.572. The van der Waals surface area contributed by atoms with E-state index in [1.54, 1.807) is 56.5 Å². The summed E-state index contributed by atoms with van der Waals surface area (Å²) in [6.07, 6.45) is 3.78. The molecule has 0 radical (unpaired) electrons. The van der Waals surface area contributed by atoms with Crippen molar-refractivity contribution in [3.63, 3.8) is 0 Å². The molecule has 0 aliphatic heterocycles. The number of carbonyl (C=O) groups is 2. The van der Waals surface area contributed by atoms with Crippen LogP contribution in [-0.2, 0) is 26.2 Å².